The highest BCUT2D eigenvalue weighted by Gasteiger charge is 2.26. The van der Waals surface area contributed by atoms with Crippen LogP contribution in [0, 0.1) is 27.7 Å². The maximum absolute atomic E-state index is 12.5. The molecule has 1 N–H and O–H groups in total. The zero-order valence-corrected chi connectivity index (χ0v) is 16.8. The number of aryl methyl sites for hydroxylation is 4. The van der Waals surface area contributed by atoms with Gasteiger partial charge in [-0.25, -0.2) is 9.59 Å². The summed E-state index contributed by atoms with van der Waals surface area (Å²) >= 11 is 0. The third-order valence-corrected chi connectivity index (χ3v) is 4.24. The van der Waals surface area contributed by atoms with Gasteiger partial charge in [0.2, 0.25) is 5.78 Å². The lowest BCUT2D eigenvalue weighted by atomic mass is 10.1. The van der Waals surface area contributed by atoms with Crippen molar-refractivity contribution < 1.29 is 28.6 Å². The molecule has 0 fully saturated rings. The SMILES string of the molecule is CCOC(=O)c1c(C)[nH]c(C)c1C(=O)COC(=O)COc1c(C)cccc1C. The Morgan fingerprint density at radius 1 is 0.893 bits per heavy atom. The Hall–Kier alpha value is -3.09. The number of benzene rings is 1. The lowest BCUT2D eigenvalue weighted by Crippen LogP contribution is -2.21. The van der Waals surface area contributed by atoms with Crippen molar-refractivity contribution in [1.82, 2.24) is 4.98 Å². The fourth-order valence-electron chi connectivity index (χ4n) is 3.01. The van der Waals surface area contributed by atoms with Gasteiger partial charge in [-0.2, -0.15) is 0 Å². The maximum atomic E-state index is 12.5. The van der Waals surface area contributed by atoms with Crippen LogP contribution < -0.4 is 4.74 Å². The largest absolute Gasteiger partial charge is 0.481 e. The van der Waals surface area contributed by atoms with Gasteiger partial charge in [0.15, 0.2) is 13.2 Å². The van der Waals surface area contributed by atoms with Crippen molar-refractivity contribution >= 4 is 17.7 Å². The van der Waals surface area contributed by atoms with Crippen LogP contribution in [-0.4, -0.2) is 42.5 Å². The number of H-pyrrole nitrogens is 1. The first-order valence-electron chi connectivity index (χ1n) is 9.00. The van der Waals surface area contributed by atoms with Crippen LogP contribution in [0.4, 0.5) is 0 Å². The number of aromatic nitrogens is 1. The van der Waals surface area contributed by atoms with E-state index in [1.54, 1.807) is 20.8 Å². The average Bonchev–Trinajstić information content (AvgIpc) is 2.93. The number of carbonyl (C=O) groups excluding carboxylic acids is 3. The summed E-state index contributed by atoms with van der Waals surface area (Å²) in [5, 5.41) is 0. The Labute approximate surface area is 164 Å². The van der Waals surface area contributed by atoms with Crippen molar-refractivity contribution in [3.05, 3.63) is 51.8 Å². The fraction of sp³-hybridized carbons (Fsp3) is 0.381. The van der Waals surface area contributed by atoms with Crippen LogP contribution in [0.1, 0.15) is 50.2 Å². The van der Waals surface area contributed by atoms with Crippen molar-refractivity contribution in [3.8, 4) is 5.75 Å². The lowest BCUT2D eigenvalue weighted by molar-refractivity contribution is -0.144. The van der Waals surface area contributed by atoms with Crippen LogP contribution in [0.2, 0.25) is 0 Å². The third-order valence-electron chi connectivity index (χ3n) is 4.24. The molecule has 0 bridgehead atoms. The Morgan fingerprint density at radius 2 is 1.50 bits per heavy atom. The van der Waals surface area contributed by atoms with E-state index >= 15 is 0 Å². The monoisotopic (exact) mass is 387 g/mol. The van der Waals surface area contributed by atoms with Crippen molar-refractivity contribution in [3.63, 3.8) is 0 Å². The van der Waals surface area contributed by atoms with Gasteiger partial charge in [0.1, 0.15) is 5.75 Å². The van der Waals surface area contributed by atoms with E-state index in [1.165, 1.54) is 0 Å². The minimum atomic E-state index is -0.668. The number of aromatic amines is 1. The first-order chi connectivity index (χ1) is 13.3. The molecule has 7 nitrogen and oxygen atoms in total. The lowest BCUT2D eigenvalue weighted by Gasteiger charge is -2.11. The smallest absolute Gasteiger partial charge is 0.344 e. The minimum Gasteiger partial charge on any atom is -0.481 e. The van der Waals surface area contributed by atoms with E-state index in [1.807, 2.05) is 32.0 Å². The molecule has 0 aliphatic heterocycles. The molecule has 0 saturated carbocycles. The summed E-state index contributed by atoms with van der Waals surface area (Å²) in [7, 11) is 0. The van der Waals surface area contributed by atoms with Gasteiger partial charge in [-0.15, -0.1) is 0 Å². The van der Waals surface area contributed by atoms with Crippen LogP contribution in [-0.2, 0) is 14.3 Å². The van der Waals surface area contributed by atoms with Gasteiger partial charge in [0.05, 0.1) is 17.7 Å². The van der Waals surface area contributed by atoms with E-state index < -0.39 is 24.3 Å². The number of nitrogens with one attached hydrogen (secondary N) is 1. The van der Waals surface area contributed by atoms with Crippen molar-refractivity contribution in [2.24, 2.45) is 0 Å². The molecule has 0 aliphatic rings. The van der Waals surface area contributed by atoms with Gasteiger partial charge in [0, 0.05) is 11.4 Å². The molecule has 0 unspecified atom stereocenters. The maximum Gasteiger partial charge on any atom is 0.344 e. The fourth-order valence-corrected chi connectivity index (χ4v) is 3.01. The van der Waals surface area contributed by atoms with Crippen LogP contribution in [0.15, 0.2) is 18.2 Å². The zero-order valence-electron chi connectivity index (χ0n) is 16.8. The first-order valence-corrected chi connectivity index (χ1v) is 9.00. The number of esters is 2. The van der Waals surface area contributed by atoms with Crippen molar-refractivity contribution in [1.29, 1.82) is 0 Å². The van der Waals surface area contributed by atoms with Crippen LogP contribution >= 0.6 is 0 Å². The standard InChI is InChI=1S/C21H25NO6/c1-6-26-21(25)19-15(5)22-14(4)18(19)16(23)10-27-17(24)11-28-20-12(2)8-7-9-13(20)3/h7-9,22H,6,10-11H2,1-5H3. The number of Topliss-reactive ketones (excluding diaryl/α,β-unsaturated/α-hetero) is 1. The molecule has 0 radical (unpaired) electrons. The molecule has 0 amide bonds. The highest BCUT2D eigenvalue weighted by molar-refractivity contribution is 6.09. The van der Waals surface area contributed by atoms with E-state index in [4.69, 9.17) is 14.2 Å². The second-order valence-electron chi connectivity index (χ2n) is 6.44. The molecule has 2 rings (SSSR count). The third kappa shape index (κ3) is 4.79. The molecule has 0 saturated heterocycles. The molecule has 2 aromatic rings. The molecule has 0 spiro atoms. The number of hydrogen-bond donors (Lipinski definition) is 1. The molecular weight excluding hydrogens is 362 g/mol. The second kappa shape index (κ2) is 9.21. The predicted molar refractivity (Wildman–Crippen MR) is 103 cm³/mol. The quantitative estimate of drug-likeness (QED) is 0.552. The Morgan fingerprint density at radius 3 is 2.11 bits per heavy atom. The van der Waals surface area contributed by atoms with Gasteiger partial charge in [-0.3, -0.25) is 4.79 Å². The zero-order chi connectivity index (χ0) is 20.8. The number of para-hydroxylation sites is 1. The Bertz CT molecular complexity index is 876. The minimum absolute atomic E-state index is 0.173. The molecule has 1 aromatic heterocycles. The molecular formula is C21H25NO6. The van der Waals surface area contributed by atoms with Crippen LogP contribution in [0.25, 0.3) is 0 Å². The molecule has 0 aliphatic carbocycles. The van der Waals surface area contributed by atoms with Crippen LogP contribution in [0.3, 0.4) is 0 Å². The summed E-state index contributed by atoms with van der Waals surface area (Å²) in [4.78, 5) is 39.6. The average molecular weight is 387 g/mol. The van der Waals surface area contributed by atoms with Gasteiger partial charge in [0.25, 0.3) is 0 Å². The molecule has 0 atom stereocenters. The number of ether oxygens (including phenoxy) is 3. The van der Waals surface area contributed by atoms with Crippen molar-refractivity contribution in [2.45, 2.75) is 34.6 Å². The van der Waals surface area contributed by atoms with Gasteiger partial charge in [-0.05, 0) is 45.7 Å². The number of carbonyl (C=O) groups is 3. The molecule has 1 aromatic carbocycles. The van der Waals surface area contributed by atoms with E-state index in [2.05, 4.69) is 4.98 Å². The predicted octanol–water partition coefficient (Wildman–Crippen LogP) is 3.23. The molecule has 150 valence electrons. The van der Waals surface area contributed by atoms with Crippen molar-refractivity contribution in [2.75, 3.05) is 19.8 Å². The molecule has 7 heteroatoms. The Kier molecular flexibility index (Phi) is 6.98. The number of rotatable bonds is 8. The highest BCUT2D eigenvalue weighted by Crippen LogP contribution is 2.22. The van der Waals surface area contributed by atoms with Gasteiger partial charge in [-0.1, -0.05) is 18.2 Å². The summed E-state index contributed by atoms with van der Waals surface area (Å²) in [6.07, 6.45) is 0. The van der Waals surface area contributed by atoms with E-state index in [0.29, 0.717) is 17.1 Å². The van der Waals surface area contributed by atoms with Crippen LogP contribution in [0.5, 0.6) is 5.75 Å². The molecule has 1 heterocycles. The van der Waals surface area contributed by atoms with E-state index in [-0.39, 0.29) is 24.3 Å². The summed E-state index contributed by atoms with van der Waals surface area (Å²) in [6.45, 7) is 8.20. The summed E-state index contributed by atoms with van der Waals surface area (Å²) in [5.74, 6) is -1.12. The molecule has 28 heavy (non-hydrogen) atoms. The topological polar surface area (TPSA) is 94.7 Å². The Balaban J connectivity index is 2.00. The summed E-state index contributed by atoms with van der Waals surface area (Å²) in [5.41, 5.74) is 3.21. The van der Waals surface area contributed by atoms with Gasteiger partial charge < -0.3 is 19.2 Å². The number of ketones is 1. The second-order valence-corrected chi connectivity index (χ2v) is 6.44. The number of hydrogen-bond acceptors (Lipinski definition) is 6. The summed E-state index contributed by atoms with van der Waals surface area (Å²) < 4.78 is 15.6. The normalized spacial score (nSPS) is 10.5. The highest BCUT2D eigenvalue weighted by atomic mass is 16.6. The van der Waals surface area contributed by atoms with Gasteiger partial charge >= 0.3 is 11.9 Å². The van der Waals surface area contributed by atoms with E-state index in [0.717, 1.165) is 11.1 Å². The van der Waals surface area contributed by atoms with E-state index in [9.17, 15) is 14.4 Å². The first kappa shape index (κ1) is 21.2. The summed E-state index contributed by atoms with van der Waals surface area (Å²) in [6, 6.07) is 5.66.